The maximum Gasteiger partial charge on any atom is 0.181 e. The maximum absolute atomic E-state index is 12.3. The molecule has 1 heterocycles. The number of halogens is 1. The van der Waals surface area contributed by atoms with Gasteiger partial charge in [0, 0.05) is 6.20 Å². The molecule has 0 aliphatic heterocycles. The molecular formula is C17H19ClN2O3S. The van der Waals surface area contributed by atoms with Gasteiger partial charge in [0.1, 0.15) is 0 Å². The highest BCUT2D eigenvalue weighted by atomic mass is 35.5. The molecule has 24 heavy (non-hydrogen) atoms. The third-order valence-electron chi connectivity index (χ3n) is 4.28. The number of hydrogen-bond donors (Lipinski definition) is 2. The van der Waals surface area contributed by atoms with E-state index in [9.17, 15) is 13.5 Å². The number of benzene rings is 1. The molecule has 0 radical (unpaired) electrons. The Hall–Kier alpha value is -1.79. The monoisotopic (exact) mass is 366 g/mol. The topological polar surface area (TPSA) is 79.3 Å². The Morgan fingerprint density at radius 1 is 1.38 bits per heavy atom. The van der Waals surface area contributed by atoms with Crippen LogP contribution in [0.2, 0.25) is 5.02 Å². The summed E-state index contributed by atoms with van der Waals surface area (Å²) in [7, 11) is -3.28. The van der Waals surface area contributed by atoms with Gasteiger partial charge in [-0.05, 0) is 55.5 Å². The summed E-state index contributed by atoms with van der Waals surface area (Å²) >= 11 is 6.22. The van der Waals surface area contributed by atoms with E-state index < -0.39 is 9.84 Å². The molecule has 2 aromatic rings. The van der Waals surface area contributed by atoms with Gasteiger partial charge in [-0.15, -0.1) is 0 Å². The van der Waals surface area contributed by atoms with E-state index in [2.05, 4.69) is 10.3 Å². The summed E-state index contributed by atoms with van der Waals surface area (Å²) in [5.41, 5.74) is 2.23. The van der Waals surface area contributed by atoms with Gasteiger partial charge in [-0.1, -0.05) is 18.5 Å². The van der Waals surface area contributed by atoms with Crippen molar-refractivity contribution in [3.05, 3.63) is 40.5 Å². The SMILES string of the molecule is CCc1cnc(Nc2ccc(S(=O)(=O)C3CC3)cc2Cl)c(O)c1C. The van der Waals surface area contributed by atoms with Crippen LogP contribution in [0.3, 0.4) is 0 Å². The first kappa shape index (κ1) is 17.0. The molecule has 1 saturated carbocycles. The van der Waals surface area contributed by atoms with Crippen molar-refractivity contribution in [1.82, 2.24) is 4.98 Å². The molecule has 0 atom stereocenters. The van der Waals surface area contributed by atoms with Crippen molar-refractivity contribution in [3.8, 4) is 5.75 Å². The Labute approximate surface area is 146 Å². The summed E-state index contributed by atoms with van der Waals surface area (Å²) < 4.78 is 24.5. The largest absolute Gasteiger partial charge is 0.504 e. The minimum Gasteiger partial charge on any atom is -0.504 e. The van der Waals surface area contributed by atoms with Crippen LogP contribution in [-0.2, 0) is 16.3 Å². The molecule has 3 rings (SSSR count). The minimum absolute atomic E-state index is 0.0695. The Morgan fingerprint density at radius 3 is 2.67 bits per heavy atom. The zero-order valence-electron chi connectivity index (χ0n) is 13.5. The second-order valence-corrected chi connectivity index (χ2v) is 8.61. The quantitative estimate of drug-likeness (QED) is 0.836. The lowest BCUT2D eigenvalue weighted by Crippen LogP contribution is -2.07. The fourth-order valence-corrected chi connectivity index (χ4v) is 4.52. The molecule has 0 unspecified atom stereocenters. The Morgan fingerprint density at radius 2 is 2.08 bits per heavy atom. The van der Waals surface area contributed by atoms with Crippen LogP contribution in [0, 0.1) is 6.92 Å². The third-order valence-corrected chi connectivity index (χ3v) is 6.85. The van der Waals surface area contributed by atoms with E-state index in [1.807, 2.05) is 13.8 Å². The van der Waals surface area contributed by atoms with Crippen LogP contribution in [0.5, 0.6) is 5.75 Å². The van der Waals surface area contributed by atoms with Gasteiger partial charge in [0.25, 0.3) is 0 Å². The number of hydrogen-bond acceptors (Lipinski definition) is 5. The molecule has 128 valence electrons. The molecule has 1 aromatic heterocycles. The van der Waals surface area contributed by atoms with E-state index in [0.29, 0.717) is 24.3 Å². The van der Waals surface area contributed by atoms with Crippen LogP contribution in [0.15, 0.2) is 29.3 Å². The van der Waals surface area contributed by atoms with E-state index in [0.717, 1.165) is 17.5 Å². The lowest BCUT2D eigenvalue weighted by atomic mass is 10.1. The van der Waals surface area contributed by atoms with E-state index in [1.54, 1.807) is 12.3 Å². The Balaban J connectivity index is 1.90. The molecule has 2 N–H and O–H groups in total. The van der Waals surface area contributed by atoms with Crippen LogP contribution in [0.25, 0.3) is 0 Å². The lowest BCUT2D eigenvalue weighted by Gasteiger charge is -2.13. The van der Waals surface area contributed by atoms with Crippen molar-refractivity contribution in [3.63, 3.8) is 0 Å². The second-order valence-electron chi connectivity index (χ2n) is 5.97. The predicted octanol–water partition coefficient (Wildman–Crippen LogP) is 3.99. The van der Waals surface area contributed by atoms with E-state index in [1.165, 1.54) is 12.1 Å². The number of pyridine rings is 1. The molecule has 0 amide bonds. The van der Waals surface area contributed by atoms with Gasteiger partial charge in [0.2, 0.25) is 0 Å². The van der Waals surface area contributed by atoms with Gasteiger partial charge in [-0.2, -0.15) is 0 Å². The van der Waals surface area contributed by atoms with Crippen molar-refractivity contribution in [2.75, 3.05) is 5.32 Å². The average molecular weight is 367 g/mol. The fourth-order valence-electron chi connectivity index (χ4n) is 2.55. The number of rotatable bonds is 5. The normalized spacial score (nSPS) is 14.6. The third kappa shape index (κ3) is 3.08. The summed E-state index contributed by atoms with van der Waals surface area (Å²) in [6, 6.07) is 4.58. The first-order valence-electron chi connectivity index (χ1n) is 7.82. The van der Waals surface area contributed by atoms with Crippen LogP contribution in [0.4, 0.5) is 11.5 Å². The van der Waals surface area contributed by atoms with Crippen molar-refractivity contribution >= 4 is 32.9 Å². The van der Waals surface area contributed by atoms with Gasteiger partial charge < -0.3 is 10.4 Å². The summed E-state index contributed by atoms with van der Waals surface area (Å²) in [4.78, 5) is 4.45. The van der Waals surface area contributed by atoms with Crippen molar-refractivity contribution in [2.24, 2.45) is 0 Å². The highest BCUT2D eigenvalue weighted by molar-refractivity contribution is 7.92. The Bertz CT molecular complexity index is 893. The zero-order chi connectivity index (χ0) is 17.5. The summed E-state index contributed by atoms with van der Waals surface area (Å²) in [5, 5.41) is 13.2. The molecule has 1 aliphatic rings. The van der Waals surface area contributed by atoms with E-state index >= 15 is 0 Å². The molecule has 0 saturated heterocycles. The van der Waals surface area contributed by atoms with Crippen LogP contribution < -0.4 is 5.32 Å². The highest BCUT2D eigenvalue weighted by Gasteiger charge is 2.37. The molecule has 0 spiro atoms. The number of aryl methyl sites for hydroxylation is 1. The van der Waals surface area contributed by atoms with Gasteiger partial charge in [-0.25, -0.2) is 13.4 Å². The number of nitrogens with one attached hydrogen (secondary N) is 1. The number of nitrogens with zero attached hydrogens (tertiary/aromatic N) is 1. The smallest absolute Gasteiger partial charge is 0.181 e. The predicted molar refractivity (Wildman–Crippen MR) is 95.0 cm³/mol. The number of anilines is 2. The Kier molecular flexibility index (Phi) is 4.44. The summed E-state index contributed by atoms with van der Waals surface area (Å²) in [5.74, 6) is 0.365. The van der Waals surface area contributed by atoms with Gasteiger partial charge in [0.05, 0.1) is 20.9 Å². The molecular weight excluding hydrogens is 348 g/mol. The average Bonchev–Trinajstić information content (AvgIpc) is 3.39. The van der Waals surface area contributed by atoms with Crippen molar-refractivity contribution in [1.29, 1.82) is 0 Å². The van der Waals surface area contributed by atoms with Gasteiger partial charge in [0.15, 0.2) is 21.4 Å². The molecule has 7 heteroatoms. The lowest BCUT2D eigenvalue weighted by molar-refractivity contribution is 0.470. The van der Waals surface area contributed by atoms with Crippen LogP contribution in [-0.4, -0.2) is 23.8 Å². The standard InChI is InChI=1S/C17H19ClN2O3S/c1-3-11-9-19-17(16(21)10(11)2)20-15-7-6-13(8-14(15)18)24(22,23)12-4-5-12/h6-9,12,21H,3-5H2,1-2H3,(H,19,20). The number of aromatic nitrogens is 1. The fraction of sp³-hybridized carbons (Fsp3) is 0.353. The van der Waals surface area contributed by atoms with E-state index in [-0.39, 0.29) is 20.9 Å². The van der Waals surface area contributed by atoms with Crippen LogP contribution >= 0.6 is 11.6 Å². The molecule has 1 aromatic carbocycles. The molecule has 0 bridgehead atoms. The maximum atomic E-state index is 12.3. The van der Waals surface area contributed by atoms with Gasteiger partial charge >= 0.3 is 0 Å². The first-order valence-corrected chi connectivity index (χ1v) is 9.75. The minimum atomic E-state index is -3.28. The first-order chi connectivity index (χ1) is 11.3. The van der Waals surface area contributed by atoms with Gasteiger partial charge in [-0.3, -0.25) is 0 Å². The molecule has 5 nitrogen and oxygen atoms in total. The highest BCUT2D eigenvalue weighted by Crippen LogP contribution is 2.37. The van der Waals surface area contributed by atoms with Crippen molar-refractivity contribution < 1.29 is 13.5 Å². The number of aromatic hydroxyl groups is 1. The van der Waals surface area contributed by atoms with Crippen molar-refractivity contribution in [2.45, 2.75) is 43.3 Å². The second kappa shape index (κ2) is 6.26. The van der Waals surface area contributed by atoms with Crippen LogP contribution in [0.1, 0.15) is 30.9 Å². The molecule has 1 aliphatic carbocycles. The summed E-state index contributed by atoms with van der Waals surface area (Å²) in [6.07, 6.45) is 3.90. The summed E-state index contributed by atoms with van der Waals surface area (Å²) in [6.45, 7) is 3.82. The zero-order valence-corrected chi connectivity index (χ0v) is 15.1. The number of sulfone groups is 1. The molecule has 1 fully saturated rings. The van der Waals surface area contributed by atoms with E-state index in [4.69, 9.17) is 11.6 Å².